The molecule has 5 nitrogen and oxygen atoms in total. The van der Waals surface area contributed by atoms with E-state index in [0.717, 1.165) is 6.54 Å². The lowest BCUT2D eigenvalue weighted by Crippen LogP contribution is -2.07. The van der Waals surface area contributed by atoms with Gasteiger partial charge in [0.05, 0.1) is 0 Å². The highest BCUT2D eigenvalue weighted by atomic mass is 35.5. The monoisotopic (exact) mass is 281 g/mol. The van der Waals surface area contributed by atoms with Crippen molar-refractivity contribution < 1.29 is 9.90 Å². The number of nitrogens with one attached hydrogen (secondary N) is 1. The van der Waals surface area contributed by atoms with Gasteiger partial charge in [0.1, 0.15) is 16.5 Å². The molecule has 0 aliphatic heterocycles. The number of pyridine rings is 1. The van der Waals surface area contributed by atoms with Gasteiger partial charge >= 0.3 is 5.97 Å². The van der Waals surface area contributed by atoms with Crippen molar-refractivity contribution in [2.24, 2.45) is 5.73 Å². The Labute approximate surface area is 112 Å². The van der Waals surface area contributed by atoms with E-state index in [9.17, 15) is 4.79 Å². The van der Waals surface area contributed by atoms with Gasteiger partial charge < -0.3 is 16.2 Å². The topological polar surface area (TPSA) is 88.2 Å². The highest BCUT2D eigenvalue weighted by Gasteiger charge is 2.10. The van der Waals surface area contributed by atoms with Gasteiger partial charge in [-0.1, -0.05) is 18.5 Å². The molecule has 1 aromatic heterocycles. The molecule has 1 aromatic rings. The first-order valence-corrected chi connectivity index (χ1v) is 5.28. The number of halogens is 2. The Morgan fingerprint density at radius 3 is 2.47 bits per heavy atom. The van der Waals surface area contributed by atoms with Crippen LogP contribution in [-0.2, 0) is 0 Å². The van der Waals surface area contributed by atoms with Gasteiger partial charge in [-0.3, -0.25) is 0 Å². The zero-order valence-corrected chi connectivity index (χ0v) is 11.3. The van der Waals surface area contributed by atoms with Crippen molar-refractivity contribution in [2.75, 3.05) is 18.4 Å². The van der Waals surface area contributed by atoms with Crippen LogP contribution in [0.15, 0.2) is 12.1 Å². The van der Waals surface area contributed by atoms with E-state index in [1.165, 1.54) is 12.1 Å². The number of nitrogens with zero attached hydrogens (tertiary/aromatic N) is 1. The molecule has 7 heteroatoms. The number of rotatable bonds is 3. The summed E-state index contributed by atoms with van der Waals surface area (Å²) in [6, 6.07) is 2.88. The van der Waals surface area contributed by atoms with E-state index in [0.29, 0.717) is 12.4 Å². The third-order valence-electron chi connectivity index (χ3n) is 1.44. The molecule has 0 amide bonds. The first-order chi connectivity index (χ1) is 7.56. The summed E-state index contributed by atoms with van der Waals surface area (Å²) < 4.78 is 0. The average Bonchev–Trinajstić information content (AvgIpc) is 2.19. The highest BCUT2D eigenvalue weighted by molar-refractivity contribution is 6.29. The van der Waals surface area contributed by atoms with Crippen LogP contribution in [0.4, 0.5) is 5.82 Å². The minimum absolute atomic E-state index is 0. The van der Waals surface area contributed by atoms with Crippen LogP contribution in [-0.4, -0.2) is 29.1 Å². The molecular weight excluding hydrogens is 265 g/mol. The maximum absolute atomic E-state index is 10.7. The SMILES string of the molecule is CCN.CCNc1nc(Cl)ccc1C(=O)O.Cl. The van der Waals surface area contributed by atoms with Crippen LogP contribution < -0.4 is 11.1 Å². The van der Waals surface area contributed by atoms with E-state index < -0.39 is 5.97 Å². The fourth-order valence-corrected chi connectivity index (χ4v) is 1.06. The summed E-state index contributed by atoms with van der Waals surface area (Å²) in [5.74, 6) is -0.706. The summed E-state index contributed by atoms with van der Waals surface area (Å²) in [4.78, 5) is 14.5. The molecule has 98 valence electrons. The Kier molecular flexibility index (Phi) is 10.9. The second-order valence-electron chi connectivity index (χ2n) is 2.77. The molecule has 0 fully saturated rings. The van der Waals surface area contributed by atoms with Crippen LogP contribution in [0, 0.1) is 0 Å². The van der Waals surface area contributed by atoms with Gasteiger partial charge in [0.2, 0.25) is 0 Å². The number of carboxylic acid groups (broad SMARTS) is 1. The van der Waals surface area contributed by atoms with Crippen molar-refractivity contribution in [3.63, 3.8) is 0 Å². The van der Waals surface area contributed by atoms with E-state index in [4.69, 9.17) is 22.4 Å². The lowest BCUT2D eigenvalue weighted by molar-refractivity contribution is 0.0697. The minimum Gasteiger partial charge on any atom is -0.478 e. The first kappa shape index (κ1) is 18.3. The van der Waals surface area contributed by atoms with Gasteiger partial charge in [-0.15, -0.1) is 12.4 Å². The van der Waals surface area contributed by atoms with Crippen molar-refractivity contribution in [2.45, 2.75) is 13.8 Å². The Morgan fingerprint density at radius 1 is 1.53 bits per heavy atom. The number of carboxylic acids is 1. The van der Waals surface area contributed by atoms with Crippen molar-refractivity contribution in [1.82, 2.24) is 4.98 Å². The van der Waals surface area contributed by atoms with E-state index in [1.54, 1.807) is 0 Å². The van der Waals surface area contributed by atoms with E-state index in [2.05, 4.69) is 10.3 Å². The molecule has 1 heterocycles. The summed E-state index contributed by atoms with van der Waals surface area (Å²) in [7, 11) is 0. The zero-order valence-electron chi connectivity index (χ0n) is 9.74. The molecule has 1 rings (SSSR count). The Bertz CT molecular complexity index is 348. The number of nitrogens with two attached hydrogens (primary N) is 1. The third-order valence-corrected chi connectivity index (χ3v) is 1.65. The summed E-state index contributed by atoms with van der Waals surface area (Å²) in [6.07, 6.45) is 0. The van der Waals surface area contributed by atoms with E-state index >= 15 is 0 Å². The Morgan fingerprint density at radius 2 is 2.06 bits per heavy atom. The van der Waals surface area contributed by atoms with Gasteiger partial charge in [0.25, 0.3) is 0 Å². The summed E-state index contributed by atoms with van der Waals surface area (Å²) >= 11 is 5.61. The van der Waals surface area contributed by atoms with Crippen LogP contribution in [0.5, 0.6) is 0 Å². The molecule has 0 atom stereocenters. The van der Waals surface area contributed by atoms with Crippen molar-refractivity contribution in [3.8, 4) is 0 Å². The molecule has 4 N–H and O–H groups in total. The van der Waals surface area contributed by atoms with E-state index in [1.807, 2.05) is 13.8 Å². The maximum atomic E-state index is 10.7. The molecule has 0 saturated carbocycles. The number of aromatic carboxylic acids is 1. The molecule has 0 aliphatic rings. The average molecular weight is 282 g/mol. The lowest BCUT2D eigenvalue weighted by Gasteiger charge is -2.05. The molecule has 0 radical (unpaired) electrons. The lowest BCUT2D eigenvalue weighted by atomic mass is 10.2. The molecule has 17 heavy (non-hydrogen) atoms. The molecule has 0 aromatic carbocycles. The van der Waals surface area contributed by atoms with Gasteiger partial charge in [0.15, 0.2) is 0 Å². The second kappa shape index (κ2) is 10.1. The maximum Gasteiger partial charge on any atom is 0.339 e. The fourth-order valence-electron chi connectivity index (χ4n) is 0.910. The van der Waals surface area contributed by atoms with Crippen LogP contribution in [0.25, 0.3) is 0 Å². The van der Waals surface area contributed by atoms with E-state index in [-0.39, 0.29) is 23.1 Å². The molecule has 0 saturated heterocycles. The van der Waals surface area contributed by atoms with Gasteiger partial charge in [0, 0.05) is 6.54 Å². The third kappa shape index (κ3) is 6.99. The number of hydrogen-bond acceptors (Lipinski definition) is 4. The normalized spacial score (nSPS) is 8.47. The molecule has 0 spiro atoms. The van der Waals surface area contributed by atoms with Crippen molar-refractivity contribution >= 4 is 35.8 Å². The van der Waals surface area contributed by atoms with Gasteiger partial charge in [-0.25, -0.2) is 9.78 Å². The smallest absolute Gasteiger partial charge is 0.339 e. The predicted octanol–water partition coefficient (Wildman–Crippen LogP) is 2.25. The van der Waals surface area contributed by atoms with Crippen LogP contribution in [0.2, 0.25) is 5.15 Å². The van der Waals surface area contributed by atoms with Crippen LogP contribution >= 0.6 is 24.0 Å². The number of aromatic nitrogens is 1. The van der Waals surface area contributed by atoms with Gasteiger partial charge in [-0.2, -0.15) is 0 Å². The Hall–Kier alpha value is -1.04. The zero-order chi connectivity index (χ0) is 12.6. The summed E-state index contributed by atoms with van der Waals surface area (Å²) in [5, 5.41) is 11.9. The summed E-state index contributed by atoms with van der Waals surface area (Å²) in [5.41, 5.74) is 4.98. The first-order valence-electron chi connectivity index (χ1n) is 4.90. The minimum atomic E-state index is -1.01. The standard InChI is InChI=1S/C8H9ClN2O2.C2H7N.ClH/c1-2-10-7-5(8(12)13)3-4-6(9)11-7;1-2-3;/h3-4H,2H2,1H3,(H,10,11)(H,12,13);2-3H2,1H3;1H. The fraction of sp³-hybridized carbons (Fsp3) is 0.400. The molecule has 0 bridgehead atoms. The van der Waals surface area contributed by atoms with Crippen LogP contribution in [0.1, 0.15) is 24.2 Å². The molecule has 0 aliphatic carbocycles. The van der Waals surface area contributed by atoms with Crippen molar-refractivity contribution in [1.29, 1.82) is 0 Å². The number of carbonyl (C=O) groups is 1. The number of anilines is 1. The second-order valence-corrected chi connectivity index (χ2v) is 3.16. The quantitative estimate of drug-likeness (QED) is 0.740. The predicted molar refractivity (Wildman–Crippen MR) is 72.3 cm³/mol. The highest BCUT2D eigenvalue weighted by Crippen LogP contribution is 2.15. The largest absolute Gasteiger partial charge is 0.478 e. The Balaban J connectivity index is 0. The number of hydrogen-bond donors (Lipinski definition) is 3. The van der Waals surface area contributed by atoms with Crippen molar-refractivity contribution in [3.05, 3.63) is 22.8 Å². The molecular formula is C10H17Cl2N3O2. The molecule has 0 unspecified atom stereocenters. The van der Waals surface area contributed by atoms with Crippen LogP contribution in [0.3, 0.4) is 0 Å². The van der Waals surface area contributed by atoms with Gasteiger partial charge in [-0.05, 0) is 25.6 Å². The summed E-state index contributed by atoms with van der Waals surface area (Å²) in [6.45, 7) is 5.11.